The third-order valence-electron chi connectivity index (χ3n) is 4.85. The number of benzene rings is 2. The Kier molecular flexibility index (Phi) is 9.19. The minimum atomic E-state index is -2.08. The van der Waals surface area contributed by atoms with Crippen LogP contribution in [0.5, 0.6) is 0 Å². The lowest BCUT2D eigenvalue weighted by Gasteiger charge is -2.27. The molecule has 1 heterocycles. The van der Waals surface area contributed by atoms with Crippen LogP contribution >= 0.6 is 46.1 Å². The number of amides is 2. The summed E-state index contributed by atoms with van der Waals surface area (Å²) in [5, 5.41) is 8.30. The van der Waals surface area contributed by atoms with E-state index < -0.39 is 33.6 Å². The Balaban J connectivity index is 1.95. The monoisotopic (exact) mass is 571 g/mol. The molecule has 1 aromatic heterocycles. The van der Waals surface area contributed by atoms with Crippen molar-refractivity contribution in [1.82, 2.24) is 5.32 Å². The standard InChI is InChI=1S/C24H21Cl3FN3O4S/c1-3-35-22(34)17-13(2)18(20(33)29-16-7-5-4-6-8-16)36-21(17)31-23(24(25,26)27)30-19(32)14-9-11-15(28)12-10-14/h4-12,23,31H,3H2,1-2H3,(H,29,33)(H,30,32)/t23-/m1/s1. The zero-order valence-corrected chi connectivity index (χ0v) is 22.1. The maximum absolute atomic E-state index is 13.2. The first kappa shape index (κ1) is 27.7. The van der Waals surface area contributed by atoms with Gasteiger partial charge in [-0.3, -0.25) is 9.59 Å². The molecule has 3 N–H and O–H groups in total. The van der Waals surface area contributed by atoms with Gasteiger partial charge in [-0.15, -0.1) is 11.3 Å². The number of para-hydroxylation sites is 1. The molecule has 0 radical (unpaired) electrons. The second-order valence-electron chi connectivity index (χ2n) is 7.40. The van der Waals surface area contributed by atoms with E-state index in [9.17, 15) is 18.8 Å². The molecule has 2 aromatic carbocycles. The van der Waals surface area contributed by atoms with Gasteiger partial charge in [-0.1, -0.05) is 53.0 Å². The summed E-state index contributed by atoms with van der Waals surface area (Å²) in [7, 11) is 0. The average molecular weight is 573 g/mol. The first-order valence-corrected chi connectivity index (χ1v) is 12.5. The lowest BCUT2D eigenvalue weighted by atomic mass is 10.1. The van der Waals surface area contributed by atoms with Crippen molar-refractivity contribution in [2.45, 2.75) is 23.8 Å². The third kappa shape index (κ3) is 6.88. The molecule has 36 heavy (non-hydrogen) atoms. The second kappa shape index (κ2) is 11.9. The Morgan fingerprint density at radius 1 is 1.03 bits per heavy atom. The molecule has 7 nitrogen and oxygen atoms in total. The highest BCUT2D eigenvalue weighted by Gasteiger charge is 2.37. The van der Waals surface area contributed by atoms with Crippen LogP contribution in [-0.4, -0.2) is 34.3 Å². The zero-order chi connectivity index (χ0) is 26.5. The van der Waals surface area contributed by atoms with Gasteiger partial charge in [-0.2, -0.15) is 0 Å². The van der Waals surface area contributed by atoms with E-state index in [2.05, 4.69) is 16.0 Å². The Labute approximate surface area is 225 Å². The van der Waals surface area contributed by atoms with Gasteiger partial charge in [0.2, 0.25) is 3.79 Å². The van der Waals surface area contributed by atoms with Crippen molar-refractivity contribution in [2.75, 3.05) is 17.2 Å². The highest BCUT2D eigenvalue weighted by atomic mass is 35.6. The van der Waals surface area contributed by atoms with Crippen LogP contribution in [0.4, 0.5) is 15.1 Å². The first-order valence-electron chi connectivity index (χ1n) is 10.6. The van der Waals surface area contributed by atoms with Crippen molar-refractivity contribution in [3.8, 4) is 0 Å². The van der Waals surface area contributed by atoms with Crippen molar-refractivity contribution < 1.29 is 23.5 Å². The Bertz CT molecular complexity index is 1250. The fraction of sp³-hybridized carbons (Fsp3) is 0.208. The number of anilines is 2. The number of hydrogen-bond acceptors (Lipinski definition) is 6. The molecule has 190 valence electrons. The lowest BCUT2D eigenvalue weighted by Crippen LogP contribution is -2.49. The summed E-state index contributed by atoms with van der Waals surface area (Å²) >= 11 is 19.3. The molecule has 0 bridgehead atoms. The SMILES string of the molecule is CCOC(=O)c1c(N[C@@H](NC(=O)c2ccc(F)cc2)C(Cl)(Cl)Cl)sc(C(=O)Nc2ccccc2)c1C. The number of halogens is 4. The largest absolute Gasteiger partial charge is 0.462 e. The van der Waals surface area contributed by atoms with Crippen molar-refractivity contribution >= 4 is 74.6 Å². The van der Waals surface area contributed by atoms with Crippen LogP contribution in [0.2, 0.25) is 0 Å². The van der Waals surface area contributed by atoms with E-state index in [1.807, 2.05) is 6.07 Å². The first-order chi connectivity index (χ1) is 17.0. The fourth-order valence-electron chi connectivity index (χ4n) is 3.14. The smallest absolute Gasteiger partial charge is 0.341 e. The Morgan fingerprint density at radius 2 is 1.67 bits per heavy atom. The van der Waals surface area contributed by atoms with Crippen LogP contribution in [0.25, 0.3) is 0 Å². The number of rotatable bonds is 8. The van der Waals surface area contributed by atoms with Gasteiger partial charge in [0.25, 0.3) is 11.8 Å². The summed E-state index contributed by atoms with van der Waals surface area (Å²) in [6.07, 6.45) is -1.34. The number of carbonyl (C=O) groups is 3. The summed E-state index contributed by atoms with van der Waals surface area (Å²) in [4.78, 5) is 38.7. The van der Waals surface area contributed by atoms with Gasteiger partial charge in [-0.05, 0) is 55.8 Å². The third-order valence-corrected chi connectivity index (χ3v) is 6.73. The highest BCUT2D eigenvalue weighted by molar-refractivity contribution is 7.18. The summed E-state index contributed by atoms with van der Waals surface area (Å²) in [6, 6.07) is 13.6. The molecule has 0 saturated carbocycles. The molecule has 0 aliphatic heterocycles. The van der Waals surface area contributed by atoms with Gasteiger partial charge in [0.05, 0.1) is 17.0 Å². The van der Waals surface area contributed by atoms with Gasteiger partial charge in [0, 0.05) is 11.3 Å². The minimum Gasteiger partial charge on any atom is -0.462 e. The summed E-state index contributed by atoms with van der Waals surface area (Å²) in [6.45, 7) is 3.33. The van der Waals surface area contributed by atoms with Crippen LogP contribution in [-0.2, 0) is 4.74 Å². The second-order valence-corrected chi connectivity index (χ2v) is 10.8. The summed E-state index contributed by atoms with van der Waals surface area (Å²) in [5.74, 6) is -2.33. The van der Waals surface area contributed by atoms with Crippen molar-refractivity contribution in [1.29, 1.82) is 0 Å². The predicted octanol–water partition coefficient (Wildman–Crippen LogP) is 6.16. The number of alkyl halides is 3. The van der Waals surface area contributed by atoms with Gasteiger partial charge >= 0.3 is 5.97 Å². The number of hydrogen-bond donors (Lipinski definition) is 3. The van der Waals surface area contributed by atoms with Crippen LogP contribution in [0, 0.1) is 12.7 Å². The molecule has 0 aliphatic rings. The Hall–Kier alpha value is -2.85. The van der Waals surface area contributed by atoms with E-state index in [-0.39, 0.29) is 27.6 Å². The number of thiophene rings is 1. The average Bonchev–Trinajstić information content (AvgIpc) is 3.15. The van der Waals surface area contributed by atoms with Gasteiger partial charge in [-0.25, -0.2) is 9.18 Å². The number of nitrogens with one attached hydrogen (secondary N) is 3. The van der Waals surface area contributed by atoms with E-state index in [0.717, 1.165) is 23.5 Å². The van der Waals surface area contributed by atoms with Gasteiger partial charge < -0.3 is 20.7 Å². The molecule has 12 heteroatoms. The van der Waals surface area contributed by atoms with E-state index in [1.165, 1.54) is 12.1 Å². The summed E-state index contributed by atoms with van der Waals surface area (Å²) in [5.41, 5.74) is 1.10. The fourth-order valence-corrected chi connectivity index (χ4v) is 4.58. The van der Waals surface area contributed by atoms with Gasteiger partial charge in [0.1, 0.15) is 17.0 Å². The van der Waals surface area contributed by atoms with E-state index in [4.69, 9.17) is 39.5 Å². The number of carbonyl (C=O) groups excluding carboxylic acids is 3. The molecule has 0 fully saturated rings. The predicted molar refractivity (Wildman–Crippen MR) is 141 cm³/mol. The van der Waals surface area contributed by atoms with E-state index >= 15 is 0 Å². The van der Waals surface area contributed by atoms with Crippen molar-refractivity contribution in [3.63, 3.8) is 0 Å². The van der Waals surface area contributed by atoms with Crippen LogP contribution in [0.15, 0.2) is 54.6 Å². The highest BCUT2D eigenvalue weighted by Crippen LogP contribution is 2.38. The lowest BCUT2D eigenvalue weighted by molar-refractivity contribution is 0.0527. The molecule has 3 aromatic rings. The molecule has 1 atom stereocenters. The van der Waals surface area contributed by atoms with E-state index in [0.29, 0.717) is 11.3 Å². The molecule has 0 unspecified atom stereocenters. The molecule has 0 aliphatic carbocycles. The maximum Gasteiger partial charge on any atom is 0.341 e. The van der Waals surface area contributed by atoms with Crippen LogP contribution < -0.4 is 16.0 Å². The minimum absolute atomic E-state index is 0.0651. The number of esters is 1. The van der Waals surface area contributed by atoms with Crippen LogP contribution in [0.3, 0.4) is 0 Å². The molecular formula is C24H21Cl3FN3O4S. The maximum atomic E-state index is 13.2. The molecule has 0 saturated heterocycles. The zero-order valence-electron chi connectivity index (χ0n) is 19.0. The molecule has 2 amide bonds. The van der Waals surface area contributed by atoms with Gasteiger partial charge in [0.15, 0.2) is 0 Å². The summed E-state index contributed by atoms with van der Waals surface area (Å²) < 4.78 is 16.3. The molecule has 3 rings (SSSR count). The van der Waals surface area contributed by atoms with Crippen molar-refractivity contribution in [3.05, 3.63) is 82.0 Å². The topological polar surface area (TPSA) is 96.5 Å². The normalized spacial score (nSPS) is 11.9. The molecular weight excluding hydrogens is 552 g/mol. The Morgan fingerprint density at radius 3 is 2.25 bits per heavy atom. The van der Waals surface area contributed by atoms with E-state index in [1.54, 1.807) is 38.1 Å². The quantitative estimate of drug-likeness (QED) is 0.171. The number of ether oxygens (including phenoxy) is 1. The van der Waals surface area contributed by atoms with Crippen LogP contribution in [0.1, 0.15) is 42.9 Å². The molecule has 0 spiro atoms. The van der Waals surface area contributed by atoms with Crippen molar-refractivity contribution in [2.24, 2.45) is 0 Å².